The number of rotatable bonds is 3. The topological polar surface area (TPSA) is 68.0 Å². The van der Waals surface area contributed by atoms with Gasteiger partial charge in [-0.3, -0.25) is 10.6 Å². The second kappa shape index (κ2) is 5.93. The van der Waals surface area contributed by atoms with Crippen LogP contribution in [0.2, 0.25) is 0 Å². The van der Waals surface area contributed by atoms with Crippen molar-refractivity contribution in [3.05, 3.63) is 40.5 Å². The number of hydrogen-bond donors (Lipinski definition) is 2. The number of aryl methyl sites for hydroxylation is 1. The van der Waals surface area contributed by atoms with Crippen molar-refractivity contribution in [1.29, 1.82) is 0 Å². The Kier molecular flexibility index (Phi) is 3.85. The van der Waals surface area contributed by atoms with Gasteiger partial charge < -0.3 is 14.6 Å². The second-order valence-corrected chi connectivity index (χ2v) is 6.91. The summed E-state index contributed by atoms with van der Waals surface area (Å²) in [4.78, 5) is 2.38. The van der Waals surface area contributed by atoms with Gasteiger partial charge in [-0.15, -0.1) is 0 Å². The van der Waals surface area contributed by atoms with E-state index in [9.17, 15) is 5.11 Å². The van der Waals surface area contributed by atoms with Crippen molar-refractivity contribution in [2.75, 3.05) is 27.4 Å². The zero-order valence-corrected chi connectivity index (χ0v) is 14.9. The standard InChI is InChI=1S/C20H24N2O3/c1-11-6-14-13(8-16(11)23)7-15-18-12(4-5-22(15)2)9-17(25-10-21)20(24-3)19(14)18/h6,8-9,15,23H,4-5,7,10,21H2,1-3H3. The molecule has 3 N–H and O–H groups in total. The molecule has 1 aliphatic carbocycles. The Labute approximate surface area is 148 Å². The molecule has 2 aromatic carbocycles. The molecule has 0 bridgehead atoms. The Bertz CT molecular complexity index is 848. The summed E-state index contributed by atoms with van der Waals surface area (Å²) in [5, 5.41) is 10.2. The molecule has 1 unspecified atom stereocenters. The molecule has 1 aliphatic heterocycles. The monoisotopic (exact) mass is 340 g/mol. The van der Waals surface area contributed by atoms with E-state index < -0.39 is 0 Å². The Balaban J connectivity index is 2.07. The highest BCUT2D eigenvalue weighted by molar-refractivity contribution is 5.84. The van der Waals surface area contributed by atoms with Gasteiger partial charge in [-0.2, -0.15) is 0 Å². The molecule has 0 fully saturated rings. The quantitative estimate of drug-likeness (QED) is 0.841. The van der Waals surface area contributed by atoms with Gasteiger partial charge in [-0.05, 0) is 72.8 Å². The lowest BCUT2D eigenvalue weighted by molar-refractivity contribution is 0.226. The highest BCUT2D eigenvalue weighted by Crippen LogP contribution is 2.53. The molecule has 0 aromatic heterocycles. The SMILES string of the molecule is COc1c(OCN)cc2c3c1-c1cc(C)c(O)cc1CC3N(C)CC2. The first-order valence-corrected chi connectivity index (χ1v) is 8.64. The van der Waals surface area contributed by atoms with E-state index in [1.807, 2.05) is 13.0 Å². The molecular formula is C20H24N2O3. The fourth-order valence-corrected chi connectivity index (χ4v) is 4.24. The summed E-state index contributed by atoms with van der Waals surface area (Å²) in [5.41, 5.74) is 12.5. The van der Waals surface area contributed by atoms with Gasteiger partial charge in [0.05, 0.1) is 7.11 Å². The first-order valence-electron chi connectivity index (χ1n) is 8.64. The Morgan fingerprint density at radius 3 is 2.80 bits per heavy atom. The minimum absolute atomic E-state index is 0.110. The van der Waals surface area contributed by atoms with Crippen LogP contribution in [0, 0.1) is 6.92 Å². The van der Waals surface area contributed by atoms with Crippen LogP contribution in [0.25, 0.3) is 11.1 Å². The number of benzene rings is 2. The largest absolute Gasteiger partial charge is 0.508 e. The summed E-state index contributed by atoms with van der Waals surface area (Å²) in [6.45, 7) is 3.03. The number of fused-ring (bicyclic) bond motifs is 2. The first kappa shape index (κ1) is 16.2. The van der Waals surface area contributed by atoms with Crippen LogP contribution in [0.4, 0.5) is 0 Å². The third-order valence-electron chi connectivity index (χ3n) is 5.52. The average molecular weight is 340 g/mol. The number of nitrogens with two attached hydrogens (primary N) is 1. The molecular weight excluding hydrogens is 316 g/mol. The molecule has 0 amide bonds. The predicted molar refractivity (Wildman–Crippen MR) is 97.3 cm³/mol. The third-order valence-corrected chi connectivity index (χ3v) is 5.52. The number of methoxy groups -OCH3 is 1. The summed E-state index contributed by atoms with van der Waals surface area (Å²) in [6.07, 6.45) is 1.87. The number of likely N-dealkylation sites (N-methyl/N-ethyl adjacent to an activating group) is 1. The smallest absolute Gasteiger partial charge is 0.168 e. The maximum Gasteiger partial charge on any atom is 0.168 e. The van der Waals surface area contributed by atoms with E-state index in [1.54, 1.807) is 7.11 Å². The molecule has 1 atom stereocenters. The number of hydrogen-bond acceptors (Lipinski definition) is 5. The highest BCUT2D eigenvalue weighted by Gasteiger charge is 2.36. The van der Waals surface area contributed by atoms with Crippen LogP contribution in [0.15, 0.2) is 18.2 Å². The maximum absolute atomic E-state index is 10.2. The maximum atomic E-state index is 10.2. The van der Waals surface area contributed by atoms with Gasteiger partial charge in [0.1, 0.15) is 12.5 Å². The Morgan fingerprint density at radius 1 is 1.28 bits per heavy atom. The molecule has 2 aliphatic rings. The van der Waals surface area contributed by atoms with Crippen LogP contribution in [-0.2, 0) is 12.8 Å². The van der Waals surface area contributed by atoms with E-state index in [2.05, 4.69) is 24.1 Å². The minimum atomic E-state index is 0.110. The van der Waals surface area contributed by atoms with Crippen molar-refractivity contribution in [2.24, 2.45) is 5.73 Å². The van der Waals surface area contributed by atoms with E-state index >= 15 is 0 Å². The second-order valence-electron chi connectivity index (χ2n) is 6.91. The van der Waals surface area contributed by atoms with Gasteiger partial charge in [-0.25, -0.2) is 0 Å². The summed E-state index contributed by atoms with van der Waals surface area (Å²) < 4.78 is 11.5. The zero-order valence-electron chi connectivity index (χ0n) is 14.9. The Morgan fingerprint density at radius 2 is 2.08 bits per heavy atom. The number of phenols is 1. The van der Waals surface area contributed by atoms with Gasteiger partial charge in [0.25, 0.3) is 0 Å². The minimum Gasteiger partial charge on any atom is -0.508 e. The first-order chi connectivity index (χ1) is 12.0. The Hall–Kier alpha value is -2.24. The van der Waals surface area contributed by atoms with Crippen molar-refractivity contribution in [3.8, 4) is 28.4 Å². The highest BCUT2D eigenvalue weighted by atomic mass is 16.5. The van der Waals surface area contributed by atoms with E-state index in [4.69, 9.17) is 15.2 Å². The molecule has 1 heterocycles. The fraction of sp³-hybridized carbons (Fsp3) is 0.400. The van der Waals surface area contributed by atoms with E-state index in [1.165, 1.54) is 11.1 Å². The molecule has 4 rings (SSSR count). The molecule has 5 heteroatoms. The summed E-state index contributed by atoms with van der Waals surface area (Å²) >= 11 is 0. The number of phenolic OH excluding ortho intramolecular Hbond substituents is 1. The number of ether oxygens (including phenoxy) is 2. The van der Waals surface area contributed by atoms with Crippen molar-refractivity contribution in [1.82, 2.24) is 4.90 Å². The molecule has 5 nitrogen and oxygen atoms in total. The van der Waals surface area contributed by atoms with E-state index in [0.29, 0.717) is 11.5 Å². The lowest BCUT2D eigenvalue weighted by Crippen LogP contribution is -2.35. The molecule has 2 aromatic rings. The van der Waals surface area contributed by atoms with Gasteiger partial charge in [0.2, 0.25) is 0 Å². The summed E-state index contributed by atoms with van der Waals surface area (Å²) in [7, 11) is 3.83. The van der Waals surface area contributed by atoms with Crippen molar-refractivity contribution >= 4 is 0 Å². The van der Waals surface area contributed by atoms with Gasteiger partial charge in [-0.1, -0.05) is 0 Å². The van der Waals surface area contributed by atoms with Gasteiger partial charge >= 0.3 is 0 Å². The van der Waals surface area contributed by atoms with Crippen molar-refractivity contribution in [3.63, 3.8) is 0 Å². The lowest BCUT2D eigenvalue weighted by Gasteiger charge is -2.40. The van der Waals surface area contributed by atoms with Crippen LogP contribution in [0.3, 0.4) is 0 Å². The van der Waals surface area contributed by atoms with Gasteiger partial charge in [0.15, 0.2) is 11.5 Å². The van der Waals surface area contributed by atoms with Crippen LogP contribution < -0.4 is 15.2 Å². The van der Waals surface area contributed by atoms with Crippen LogP contribution in [-0.4, -0.2) is 37.4 Å². The van der Waals surface area contributed by atoms with Crippen LogP contribution in [0.1, 0.15) is 28.3 Å². The predicted octanol–water partition coefficient (Wildman–Crippen LogP) is 2.76. The van der Waals surface area contributed by atoms with Crippen molar-refractivity contribution in [2.45, 2.75) is 25.8 Å². The third kappa shape index (κ3) is 2.38. The zero-order chi connectivity index (χ0) is 17.7. The lowest BCUT2D eigenvalue weighted by atomic mass is 9.76. The normalized spacial score (nSPS) is 18.5. The number of nitrogens with zero attached hydrogens (tertiary/aromatic N) is 1. The van der Waals surface area contributed by atoms with Crippen LogP contribution in [0.5, 0.6) is 17.2 Å². The molecule has 0 saturated carbocycles. The summed E-state index contributed by atoms with van der Waals surface area (Å²) in [6, 6.07) is 6.32. The molecule has 0 spiro atoms. The molecule has 132 valence electrons. The average Bonchev–Trinajstić information content (AvgIpc) is 2.59. The number of aromatic hydroxyl groups is 1. The van der Waals surface area contributed by atoms with Crippen LogP contribution >= 0.6 is 0 Å². The molecule has 0 saturated heterocycles. The van der Waals surface area contributed by atoms with Crippen molar-refractivity contribution < 1.29 is 14.6 Å². The van der Waals surface area contributed by atoms with E-state index in [-0.39, 0.29) is 12.8 Å². The summed E-state index contributed by atoms with van der Waals surface area (Å²) in [5.74, 6) is 1.77. The molecule has 0 radical (unpaired) electrons. The fourth-order valence-electron chi connectivity index (χ4n) is 4.24. The molecule has 25 heavy (non-hydrogen) atoms. The van der Waals surface area contributed by atoms with E-state index in [0.717, 1.165) is 47.4 Å². The van der Waals surface area contributed by atoms with Gasteiger partial charge in [0, 0.05) is 18.2 Å².